The van der Waals surface area contributed by atoms with Crippen LogP contribution in [0, 0.1) is 0 Å². The van der Waals surface area contributed by atoms with Crippen molar-refractivity contribution in [3.8, 4) is 11.5 Å². The number of hydrogen-bond acceptors (Lipinski definition) is 7. The molecule has 0 atom stereocenters. The van der Waals surface area contributed by atoms with Crippen molar-refractivity contribution in [1.29, 1.82) is 0 Å². The molecule has 0 bridgehead atoms. The Labute approximate surface area is 185 Å². The first kappa shape index (κ1) is 23.0. The molecule has 1 amide bonds. The Morgan fingerprint density at radius 3 is 2.47 bits per heavy atom. The lowest BCUT2D eigenvalue weighted by Crippen LogP contribution is -2.34. The van der Waals surface area contributed by atoms with Gasteiger partial charge in [-0.3, -0.25) is 19.3 Å². The van der Waals surface area contributed by atoms with E-state index in [0.717, 1.165) is 0 Å². The highest BCUT2D eigenvalue weighted by Crippen LogP contribution is 2.30. The summed E-state index contributed by atoms with van der Waals surface area (Å²) in [4.78, 5) is 46.1. The van der Waals surface area contributed by atoms with Crippen LogP contribution in [0.2, 0.25) is 0 Å². The number of aromatic nitrogens is 2. The molecule has 1 aromatic heterocycles. The minimum absolute atomic E-state index is 0.0659. The van der Waals surface area contributed by atoms with E-state index in [1.807, 2.05) is 11.8 Å². The Balaban J connectivity index is 1.78. The predicted molar refractivity (Wildman–Crippen MR) is 121 cm³/mol. The normalized spacial score (nSPS) is 10.9. The Morgan fingerprint density at radius 2 is 1.81 bits per heavy atom. The predicted octanol–water partition coefficient (Wildman–Crippen LogP) is 2.60. The fourth-order valence-electron chi connectivity index (χ4n) is 3.37. The largest absolute Gasteiger partial charge is 0.493 e. The van der Waals surface area contributed by atoms with Gasteiger partial charge in [-0.05, 0) is 31.7 Å². The minimum atomic E-state index is -0.304. The molecule has 0 aliphatic heterocycles. The van der Waals surface area contributed by atoms with E-state index < -0.39 is 0 Å². The number of carbonyl (C=O) groups is 2. The molecule has 2 N–H and O–H groups in total. The first-order chi connectivity index (χ1) is 15.4. The van der Waals surface area contributed by atoms with Gasteiger partial charge < -0.3 is 19.8 Å². The van der Waals surface area contributed by atoms with E-state index in [4.69, 9.17) is 9.47 Å². The first-order valence-corrected chi connectivity index (χ1v) is 10.1. The van der Waals surface area contributed by atoms with Gasteiger partial charge in [0.05, 0.1) is 43.9 Å². The Bertz CT molecular complexity index is 1200. The van der Waals surface area contributed by atoms with Crippen LogP contribution in [0.4, 0.5) is 5.69 Å². The smallest absolute Gasteiger partial charge is 0.258 e. The molecule has 0 unspecified atom stereocenters. The molecule has 3 aromatic rings. The van der Waals surface area contributed by atoms with Crippen molar-refractivity contribution in [3.63, 3.8) is 0 Å². The Morgan fingerprint density at radius 1 is 1.12 bits per heavy atom. The summed E-state index contributed by atoms with van der Waals surface area (Å²) in [5.74, 6) is 0.944. The number of aromatic amines is 1. The van der Waals surface area contributed by atoms with Gasteiger partial charge in [0.1, 0.15) is 5.82 Å². The highest BCUT2D eigenvalue weighted by Gasteiger charge is 2.16. The molecule has 0 saturated heterocycles. The van der Waals surface area contributed by atoms with E-state index in [2.05, 4.69) is 15.3 Å². The van der Waals surface area contributed by atoms with Crippen LogP contribution in [0.15, 0.2) is 41.2 Å². The highest BCUT2D eigenvalue weighted by molar-refractivity contribution is 6.04. The molecule has 9 heteroatoms. The summed E-state index contributed by atoms with van der Waals surface area (Å²) >= 11 is 0. The molecule has 1 heterocycles. The third-order valence-corrected chi connectivity index (χ3v) is 5.03. The van der Waals surface area contributed by atoms with Gasteiger partial charge in [0.15, 0.2) is 17.3 Å². The SMILES string of the molecule is CCN(CC(=O)Nc1ccccc1C(C)=O)Cc1nc2cc(OC)c(OC)cc2c(=O)[nH]1. The number of amides is 1. The first-order valence-electron chi connectivity index (χ1n) is 10.1. The number of carbonyl (C=O) groups excluding carboxylic acids is 2. The summed E-state index contributed by atoms with van der Waals surface area (Å²) in [6.07, 6.45) is 0. The Hall–Kier alpha value is -3.72. The number of Topliss-reactive ketones (excluding diaryl/α,β-unsaturated/α-hetero) is 1. The highest BCUT2D eigenvalue weighted by atomic mass is 16.5. The van der Waals surface area contributed by atoms with Crippen LogP contribution in [-0.2, 0) is 11.3 Å². The summed E-state index contributed by atoms with van der Waals surface area (Å²) in [7, 11) is 3.01. The van der Waals surface area contributed by atoms with Crippen molar-refractivity contribution in [2.24, 2.45) is 0 Å². The topological polar surface area (TPSA) is 114 Å². The maximum absolute atomic E-state index is 12.6. The van der Waals surface area contributed by atoms with Gasteiger partial charge in [-0.1, -0.05) is 19.1 Å². The van der Waals surface area contributed by atoms with Gasteiger partial charge in [0.25, 0.3) is 5.56 Å². The third kappa shape index (κ3) is 5.12. The van der Waals surface area contributed by atoms with Crippen molar-refractivity contribution in [1.82, 2.24) is 14.9 Å². The number of hydrogen-bond donors (Lipinski definition) is 2. The molecule has 0 radical (unpaired) electrons. The number of anilines is 1. The minimum Gasteiger partial charge on any atom is -0.493 e. The van der Waals surface area contributed by atoms with Crippen LogP contribution in [-0.4, -0.2) is 53.9 Å². The van der Waals surface area contributed by atoms with E-state index in [1.54, 1.807) is 36.4 Å². The molecule has 0 spiro atoms. The van der Waals surface area contributed by atoms with Gasteiger partial charge in [-0.2, -0.15) is 0 Å². The number of methoxy groups -OCH3 is 2. The molecule has 3 rings (SSSR count). The van der Waals surface area contributed by atoms with Gasteiger partial charge in [0.2, 0.25) is 5.91 Å². The van der Waals surface area contributed by atoms with Crippen molar-refractivity contribution in [2.75, 3.05) is 32.6 Å². The van der Waals surface area contributed by atoms with Crippen LogP contribution in [0.25, 0.3) is 10.9 Å². The second kappa shape index (κ2) is 10.1. The van der Waals surface area contributed by atoms with Crippen LogP contribution in [0.1, 0.15) is 30.0 Å². The number of nitrogens with one attached hydrogen (secondary N) is 2. The molecule has 2 aromatic carbocycles. The lowest BCUT2D eigenvalue weighted by atomic mass is 10.1. The third-order valence-electron chi connectivity index (χ3n) is 5.03. The van der Waals surface area contributed by atoms with E-state index in [9.17, 15) is 14.4 Å². The number of para-hydroxylation sites is 1. The van der Waals surface area contributed by atoms with Crippen molar-refractivity contribution in [3.05, 3.63) is 58.1 Å². The van der Waals surface area contributed by atoms with E-state index in [0.29, 0.717) is 46.0 Å². The summed E-state index contributed by atoms with van der Waals surface area (Å²) in [5.41, 5.74) is 1.09. The van der Waals surface area contributed by atoms with Crippen LogP contribution < -0.4 is 20.3 Å². The quantitative estimate of drug-likeness (QED) is 0.494. The zero-order chi connectivity index (χ0) is 23.3. The number of H-pyrrole nitrogens is 1. The molecule has 0 aliphatic rings. The summed E-state index contributed by atoms with van der Waals surface area (Å²) < 4.78 is 10.5. The molecule has 9 nitrogen and oxygen atoms in total. The molecule has 32 heavy (non-hydrogen) atoms. The average Bonchev–Trinajstić information content (AvgIpc) is 2.77. The number of likely N-dealkylation sites (N-methyl/N-ethyl adjacent to an activating group) is 1. The van der Waals surface area contributed by atoms with Crippen LogP contribution >= 0.6 is 0 Å². The van der Waals surface area contributed by atoms with E-state index in [-0.39, 0.29) is 30.3 Å². The zero-order valence-corrected chi connectivity index (χ0v) is 18.5. The second-order valence-electron chi connectivity index (χ2n) is 7.19. The summed E-state index contributed by atoms with van der Waals surface area (Å²) in [6.45, 7) is 4.24. The molecular formula is C23H26N4O5. The van der Waals surface area contributed by atoms with Gasteiger partial charge in [-0.15, -0.1) is 0 Å². The van der Waals surface area contributed by atoms with E-state index in [1.165, 1.54) is 21.1 Å². The molecule has 168 valence electrons. The van der Waals surface area contributed by atoms with Gasteiger partial charge in [-0.25, -0.2) is 4.98 Å². The molecule has 0 fully saturated rings. The number of fused-ring (bicyclic) bond motifs is 1. The number of ether oxygens (including phenoxy) is 2. The van der Waals surface area contributed by atoms with Gasteiger partial charge in [0, 0.05) is 11.6 Å². The van der Waals surface area contributed by atoms with E-state index >= 15 is 0 Å². The number of benzene rings is 2. The maximum Gasteiger partial charge on any atom is 0.258 e. The average molecular weight is 438 g/mol. The Kier molecular flexibility index (Phi) is 7.21. The summed E-state index contributed by atoms with van der Waals surface area (Å²) in [6, 6.07) is 10.1. The second-order valence-corrected chi connectivity index (χ2v) is 7.19. The lowest BCUT2D eigenvalue weighted by Gasteiger charge is -2.20. The number of rotatable bonds is 9. The molecule has 0 saturated carbocycles. The maximum atomic E-state index is 12.6. The van der Waals surface area contributed by atoms with Crippen molar-refractivity contribution in [2.45, 2.75) is 20.4 Å². The van der Waals surface area contributed by atoms with Gasteiger partial charge >= 0.3 is 0 Å². The van der Waals surface area contributed by atoms with Crippen molar-refractivity contribution < 1.29 is 19.1 Å². The number of nitrogens with zero attached hydrogens (tertiary/aromatic N) is 2. The fraction of sp³-hybridized carbons (Fsp3) is 0.304. The van der Waals surface area contributed by atoms with Crippen LogP contribution in [0.5, 0.6) is 11.5 Å². The lowest BCUT2D eigenvalue weighted by molar-refractivity contribution is -0.117. The number of ketones is 1. The molecule has 0 aliphatic carbocycles. The van der Waals surface area contributed by atoms with Crippen LogP contribution in [0.3, 0.4) is 0 Å². The fourth-order valence-corrected chi connectivity index (χ4v) is 3.37. The monoisotopic (exact) mass is 438 g/mol. The zero-order valence-electron chi connectivity index (χ0n) is 18.5. The van der Waals surface area contributed by atoms with Crippen molar-refractivity contribution >= 4 is 28.3 Å². The summed E-state index contributed by atoms with van der Waals surface area (Å²) in [5, 5.41) is 3.17. The molecular weight excluding hydrogens is 412 g/mol. The standard InChI is InChI=1S/C23H26N4O5/c1-5-27(13-22(29)25-17-9-7-6-8-15(17)14(2)28)12-21-24-18-11-20(32-4)19(31-3)10-16(18)23(30)26-21/h6-11H,5,12-13H2,1-4H3,(H,25,29)(H,24,26,30).